The highest BCUT2D eigenvalue weighted by atomic mass is 16.6. The van der Waals surface area contributed by atoms with E-state index in [1.807, 2.05) is 0 Å². The molecule has 1 fully saturated rings. The number of hydrogen-bond acceptors (Lipinski definition) is 5. The number of carbonyl (C=O) groups is 3. The Hall–Kier alpha value is -1.79. The minimum absolute atomic E-state index is 0.0903. The number of esters is 1. The zero-order valence-electron chi connectivity index (χ0n) is 13.7. The van der Waals surface area contributed by atoms with Crippen LogP contribution in [0, 0.1) is 0 Å². The van der Waals surface area contributed by atoms with E-state index < -0.39 is 35.3 Å². The van der Waals surface area contributed by atoms with Gasteiger partial charge in [-0.25, -0.2) is 19.3 Å². The summed E-state index contributed by atoms with van der Waals surface area (Å²) < 4.78 is 10.4. The minimum Gasteiger partial charge on any atom is -0.458 e. The smallest absolute Gasteiger partial charge is 0.419 e. The van der Waals surface area contributed by atoms with Crippen molar-refractivity contribution in [3.8, 4) is 0 Å². The molecule has 0 radical (unpaired) electrons. The van der Waals surface area contributed by atoms with Gasteiger partial charge < -0.3 is 14.4 Å². The lowest BCUT2D eigenvalue weighted by atomic mass is 10.2. The van der Waals surface area contributed by atoms with E-state index in [4.69, 9.17) is 9.47 Å². The number of carbonyl (C=O) groups excluding carboxylic acids is 3. The molecule has 0 aromatic heterocycles. The highest BCUT2D eigenvalue weighted by Crippen LogP contribution is 2.21. The molecule has 7 nitrogen and oxygen atoms in total. The molecule has 120 valence electrons. The van der Waals surface area contributed by atoms with E-state index >= 15 is 0 Å². The highest BCUT2D eigenvalue weighted by Gasteiger charge is 2.47. The number of amides is 3. The van der Waals surface area contributed by atoms with Crippen LogP contribution in [0.4, 0.5) is 9.59 Å². The molecular weight excluding hydrogens is 276 g/mol. The second-order valence-electron chi connectivity index (χ2n) is 7.06. The molecule has 1 aliphatic rings. The van der Waals surface area contributed by atoms with Crippen LogP contribution in [-0.2, 0) is 14.3 Å². The first kappa shape index (κ1) is 17.3. The highest BCUT2D eigenvalue weighted by molar-refractivity contribution is 5.98. The molecule has 0 aromatic rings. The molecule has 0 aliphatic carbocycles. The van der Waals surface area contributed by atoms with Crippen LogP contribution in [0.1, 0.15) is 41.5 Å². The molecule has 21 heavy (non-hydrogen) atoms. The predicted octanol–water partition coefficient (Wildman–Crippen LogP) is 2.00. The summed E-state index contributed by atoms with van der Waals surface area (Å²) in [5.41, 5.74) is -1.45. The Bertz CT molecular complexity index is 447. The monoisotopic (exact) mass is 300 g/mol. The largest absolute Gasteiger partial charge is 0.458 e. The molecule has 0 bridgehead atoms. The Morgan fingerprint density at radius 3 is 1.95 bits per heavy atom. The van der Waals surface area contributed by atoms with Crippen LogP contribution in [0.3, 0.4) is 0 Å². The zero-order valence-corrected chi connectivity index (χ0v) is 13.7. The average Bonchev–Trinajstić information content (AvgIpc) is 2.50. The van der Waals surface area contributed by atoms with E-state index in [1.165, 1.54) is 11.9 Å². The molecule has 3 amide bonds. The predicted molar refractivity (Wildman–Crippen MR) is 75.7 cm³/mol. The molecule has 1 aliphatic heterocycles. The first-order valence-corrected chi connectivity index (χ1v) is 6.82. The Morgan fingerprint density at radius 2 is 1.52 bits per heavy atom. The number of likely N-dealkylation sites (N-methyl/N-ethyl adjacent to an activating group) is 1. The Kier molecular flexibility index (Phi) is 4.55. The number of urea groups is 1. The fourth-order valence-electron chi connectivity index (χ4n) is 1.80. The lowest BCUT2D eigenvalue weighted by Crippen LogP contribution is -2.48. The van der Waals surface area contributed by atoms with Crippen LogP contribution in [0.5, 0.6) is 0 Å². The second-order valence-corrected chi connectivity index (χ2v) is 7.06. The summed E-state index contributed by atoms with van der Waals surface area (Å²) in [6, 6.07) is -1.56. The maximum absolute atomic E-state index is 12.2. The van der Waals surface area contributed by atoms with E-state index in [-0.39, 0.29) is 6.54 Å². The summed E-state index contributed by atoms with van der Waals surface area (Å²) in [6.07, 6.45) is -0.840. The third-order valence-electron chi connectivity index (χ3n) is 2.56. The van der Waals surface area contributed by atoms with Gasteiger partial charge in [0.15, 0.2) is 6.04 Å². The first-order chi connectivity index (χ1) is 9.32. The summed E-state index contributed by atoms with van der Waals surface area (Å²) >= 11 is 0. The molecule has 0 unspecified atom stereocenters. The van der Waals surface area contributed by atoms with Gasteiger partial charge in [0.1, 0.15) is 11.2 Å². The first-order valence-electron chi connectivity index (χ1n) is 6.82. The summed E-state index contributed by atoms with van der Waals surface area (Å²) in [5, 5.41) is 0. The molecule has 0 N–H and O–H groups in total. The van der Waals surface area contributed by atoms with Crippen LogP contribution >= 0.6 is 0 Å². The molecule has 1 rings (SSSR count). The normalized spacial score (nSPS) is 19.8. The van der Waals surface area contributed by atoms with Gasteiger partial charge in [0.2, 0.25) is 0 Å². The number of rotatable bonds is 1. The van der Waals surface area contributed by atoms with E-state index in [9.17, 15) is 14.4 Å². The summed E-state index contributed by atoms with van der Waals surface area (Å²) in [7, 11) is 1.52. The fourth-order valence-corrected chi connectivity index (χ4v) is 1.80. The fraction of sp³-hybridized carbons (Fsp3) is 0.786. The number of imide groups is 1. The van der Waals surface area contributed by atoms with E-state index in [2.05, 4.69) is 0 Å². The Morgan fingerprint density at radius 1 is 1.05 bits per heavy atom. The van der Waals surface area contributed by atoms with Gasteiger partial charge in [-0.1, -0.05) is 0 Å². The van der Waals surface area contributed by atoms with Crippen molar-refractivity contribution in [3.05, 3.63) is 0 Å². The van der Waals surface area contributed by atoms with E-state index in [1.54, 1.807) is 41.5 Å². The number of ether oxygens (including phenoxy) is 2. The summed E-state index contributed by atoms with van der Waals surface area (Å²) in [4.78, 5) is 38.5. The maximum atomic E-state index is 12.2. The van der Waals surface area contributed by atoms with Crippen molar-refractivity contribution in [2.75, 3.05) is 13.6 Å². The van der Waals surface area contributed by atoms with Gasteiger partial charge in [0, 0.05) is 7.05 Å². The zero-order chi connectivity index (χ0) is 16.6. The van der Waals surface area contributed by atoms with E-state index in [0.29, 0.717) is 0 Å². The van der Waals surface area contributed by atoms with E-state index in [0.717, 1.165) is 4.90 Å². The van der Waals surface area contributed by atoms with Crippen molar-refractivity contribution < 1.29 is 23.9 Å². The topological polar surface area (TPSA) is 76.2 Å². The summed E-state index contributed by atoms with van der Waals surface area (Å²) in [5.74, 6) is -0.619. The van der Waals surface area contributed by atoms with Crippen molar-refractivity contribution in [2.24, 2.45) is 0 Å². The lowest BCUT2D eigenvalue weighted by molar-refractivity contribution is -0.159. The molecule has 1 atom stereocenters. The standard InChI is InChI=1S/C14H24N2O5/c1-13(2,3)20-10(17)9-8-15(7)11(18)16(9)12(19)21-14(4,5)6/h9H,8H2,1-7H3/t9-/m0/s1. The van der Waals surface area contributed by atoms with Gasteiger partial charge in [0.05, 0.1) is 6.54 Å². The van der Waals surface area contributed by atoms with Gasteiger partial charge in [-0.2, -0.15) is 0 Å². The van der Waals surface area contributed by atoms with Crippen LogP contribution in [0.2, 0.25) is 0 Å². The minimum atomic E-state index is -0.989. The molecule has 0 spiro atoms. The number of nitrogens with zero attached hydrogens (tertiary/aromatic N) is 2. The quantitative estimate of drug-likeness (QED) is 0.692. The Balaban J connectivity index is 2.94. The lowest BCUT2D eigenvalue weighted by Gasteiger charge is -2.27. The SMILES string of the molecule is CN1C[C@@H](C(=O)OC(C)(C)C)N(C(=O)OC(C)(C)C)C1=O. The summed E-state index contributed by atoms with van der Waals surface area (Å²) in [6.45, 7) is 10.3. The molecule has 7 heteroatoms. The molecule has 1 saturated heterocycles. The van der Waals surface area contributed by atoms with Gasteiger partial charge in [-0.05, 0) is 41.5 Å². The van der Waals surface area contributed by atoms with Crippen LogP contribution < -0.4 is 0 Å². The van der Waals surface area contributed by atoms with Crippen molar-refractivity contribution in [1.29, 1.82) is 0 Å². The van der Waals surface area contributed by atoms with Crippen LogP contribution in [-0.4, -0.2) is 58.7 Å². The average molecular weight is 300 g/mol. The molecule has 0 saturated carbocycles. The van der Waals surface area contributed by atoms with Crippen molar-refractivity contribution in [3.63, 3.8) is 0 Å². The number of hydrogen-bond donors (Lipinski definition) is 0. The van der Waals surface area contributed by atoms with Crippen molar-refractivity contribution in [2.45, 2.75) is 58.8 Å². The van der Waals surface area contributed by atoms with Gasteiger partial charge in [0.25, 0.3) is 0 Å². The second kappa shape index (κ2) is 5.54. The van der Waals surface area contributed by atoms with Gasteiger partial charge >= 0.3 is 18.1 Å². The van der Waals surface area contributed by atoms with Crippen molar-refractivity contribution in [1.82, 2.24) is 9.80 Å². The maximum Gasteiger partial charge on any atom is 0.419 e. The van der Waals surface area contributed by atoms with Crippen LogP contribution in [0.15, 0.2) is 0 Å². The molecule has 0 aromatic carbocycles. The van der Waals surface area contributed by atoms with Crippen LogP contribution in [0.25, 0.3) is 0 Å². The molecular formula is C14H24N2O5. The Labute approximate surface area is 125 Å². The third kappa shape index (κ3) is 4.61. The third-order valence-corrected chi connectivity index (χ3v) is 2.56. The van der Waals surface area contributed by atoms with Gasteiger partial charge in [-0.3, -0.25) is 0 Å². The molecule has 1 heterocycles. The van der Waals surface area contributed by atoms with Crippen molar-refractivity contribution >= 4 is 18.1 Å². The van der Waals surface area contributed by atoms with Gasteiger partial charge in [-0.15, -0.1) is 0 Å².